The van der Waals surface area contributed by atoms with Crippen molar-refractivity contribution in [2.24, 2.45) is 5.92 Å². The van der Waals surface area contributed by atoms with Crippen molar-refractivity contribution >= 4 is 29.2 Å². The van der Waals surface area contributed by atoms with Gasteiger partial charge in [-0.05, 0) is 42.2 Å². The van der Waals surface area contributed by atoms with E-state index >= 15 is 0 Å². The van der Waals surface area contributed by atoms with Crippen molar-refractivity contribution in [3.8, 4) is 10.4 Å². The molecule has 2 rings (SSSR count). The molecule has 1 heterocycles. The van der Waals surface area contributed by atoms with Crippen LogP contribution in [0.4, 0.5) is 9.18 Å². The summed E-state index contributed by atoms with van der Waals surface area (Å²) in [6, 6.07) is 8.46. The number of hydrogen-bond acceptors (Lipinski definition) is 5. The molecule has 150 valence electrons. The summed E-state index contributed by atoms with van der Waals surface area (Å²) in [5.74, 6) is -1.24. The number of carbonyl (C=O) groups excluding carboxylic acids is 3. The first kappa shape index (κ1) is 21.4. The van der Waals surface area contributed by atoms with Crippen molar-refractivity contribution in [1.29, 1.82) is 0 Å². The van der Waals surface area contributed by atoms with Crippen LogP contribution >= 0.6 is 11.3 Å². The Bertz CT molecular complexity index is 836. The normalized spacial score (nSPS) is 11.6. The minimum absolute atomic E-state index is 0.138. The third-order valence-corrected chi connectivity index (χ3v) is 4.89. The monoisotopic (exact) mass is 407 g/mol. The van der Waals surface area contributed by atoms with E-state index in [1.807, 2.05) is 13.8 Å². The summed E-state index contributed by atoms with van der Waals surface area (Å²) < 4.78 is 17.5. The average Bonchev–Trinajstić information content (AvgIpc) is 3.15. The number of ether oxygens (including phenoxy) is 1. The Kier molecular flexibility index (Phi) is 7.51. The van der Waals surface area contributed by atoms with Gasteiger partial charge in [0, 0.05) is 4.88 Å². The van der Waals surface area contributed by atoms with Gasteiger partial charge in [0.25, 0.3) is 11.8 Å². The van der Waals surface area contributed by atoms with E-state index in [0.717, 1.165) is 10.4 Å². The van der Waals surface area contributed by atoms with Crippen LogP contribution in [0.5, 0.6) is 0 Å². The Hall–Kier alpha value is -2.94. The van der Waals surface area contributed by atoms with Crippen molar-refractivity contribution in [1.82, 2.24) is 16.2 Å². The number of hydrogen-bond donors (Lipinski definition) is 3. The first-order chi connectivity index (χ1) is 13.3. The Balaban J connectivity index is 1.97. The number of rotatable bonds is 6. The predicted molar refractivity (Wildman–Crippen MR) is 104 cm³/mol. The largest absolute Gasteiger partial charge is 0.453 e. The number of alkyl carbamates (subject to hydrolysis) is 1. The van der Waals surface area contributed by atoms with Gasteiger partial charge in [-0.25, -0.2) is 9.18 Å². The summed E-state index contributed by atoms with van der Waals surface area (Å²) in [6.45, 7) is 3.81. The van der Waals surface area contributed by atoms with E-state index in [0.29, 0.717) is 11.3 Å². The van der Waals surface area contributed by atoms with Crippen LogP contribution in [0.2, 0.25) is 0 Å². The van der Waals surface area contributed by atoms with Gasteiger partial charge in [-0.1, -0.05) is 26.0 Å². The fraction of sp³-hybridized carbons (Fsp3) is 0.316. The molecule has 0 saturated carbocycles. The Labute approximate surface area is 166 Å². The third-order valence-electron chi connectivity index (χ3n) is 3.76. The Morgan fingerprint density at radius 2 is 1.75 bits per heavy atom. The first-order valence-electron chi connectivity index (χ1n) is 8.60. The molecule has 0 aliphatic carbocycles. The number of hydrazine groups is 1. The molecule has 0 saturated heterocycles. The molecule has 0 aliphatic rings. The van der Waals surface area contributed by atoms with Gasteiger partial charge in [-0.2, -0.15) is 0 Å². The highest BCUT2D eigenvalue weighted by molar-refractivity contribution is 7.17. The number of nitrogens with one attached hydrogen (secondary N) is 3. The second-order valence-electron chi connectivity index (χ2n) is 6.43. The highest BCUT2D eigenvalue weighted by atomic mass is 32.1. The molecule has 0 radical (unpaired) electrons. The van der Waals surface area contributed by atoms with Crippen LogP contribution in [-0.4, -0.2) is 31.1 Å². The molecule has 1 aromatic heterocycles. The van der Waals surface area contributed by atoms with Crippen LogP contribution in [-0.2, 0) is 9.53 Å². The maximum atomic E-state index is 13.0. The van der Waals surface area contributed by atoms with Gasteiger partial charge in [0.15, 0.2) is 0 Å². The van der Waals surface area contributed by atoms with Gasteiger partial charge < -0.3 is 10.1 Å². The van der Waals surface area contributed by atoms with Gasteiger partial charge in [0.1, 0.15) is 11.9 Å². The lowest BCUT2D eigenvalue weighted by Gasteiger charge is -2.19. The van der Waals surface area contributed by atoms with Crippen LogP contribution in [0, 0.1) is 11.7 Å². The number of benzene rings is 1. The molecular weight excluding hydrogens is 385 g/mol. The molecule has 7 nitrogen and oxygen atoms in total. The Morgan fingerprint density at radius 1 is 1.07 bits per heavy atom. The minimum atomic E-state index is -0.842. The van der Waals surface area contributed by atoms with E-state index in [1.54, 1.807) is 24.3 Å². The van der Waals surface area contributed by atoms with Crippen molar-refractivity contribution in [2.75, 3.05) is 7.11 Å². The number of amides is 3. The van der Waals surface area contributed by atoms with Gasteiger partial charge >= 0.3 is 6.09 Å². The average molecular weight is 407 g/mol. The predicted octanol–water partition coefficient (Wildman–Crippen LogP) is 3.09. The zero-order chi connectivity index (χ0) is 20.7. The zero-order valence-corrected chi connectivity index (χ0v) is 16.6. The van der Waals surface area contributed by atoms with Crippen molar-refractivity contribution < 1.29 is 23.5 Å². The molecule has 0 bridgehead atoms. The smallest absolute Gasteiger partial charge is 0.407 e. The van der Waals surface area contributed by atoms with Crippen LogP contribution in [0.15, 0.2) is 36.4 Å². The molecule has 28 heavy (non-hydrogen) atoms. The summed E-state index contributed by atoms with van der Waals surface area (Å²) in [6.07, 6.45) is -0.348. The fourth-order valence-electron chi connectivity index (χ4n) is 2.40. The maximum absolute atomic E-state index is 13.0. The molecule has 2 aromatic rings. The van der Waals surface area contributed by atoms with Crippen LogP contribution in [0.1, 0.15) is 29.9 Å². The summed E-state index contributed by atoms with van der Waals surface area (Å²) >= 11 is 1.21. The second kappa shape index (κ2) is 9.84. The molecule has 1 unspecified atom stereocenters. The maximum Gasteiger partial charge on any atom is 0.407 e. The number of halogens is 1. The molecule has 0 aliphatic heterocycles. The molecule has 3 N–H and O–H groups in total. The zero-order valence-electron chi connectivity index (χ0n) is 15.7. The van der Waals surface area contributed by atoms with Crippen molar-refractivity contribution in [3.05, 3.63) is 47.1 Å². The number of carbonyl (C=O) groups is 3. The lowest BCUT2D eigenvalue weighted by Crippen LogP contribution is -2.52. The van der Waals surface area contributed by atoms with Gasteiger partial charge in [-0.3, -0.25) is 20.4 Å². The quantitative estimate of drug-likeness (QED) is 0.641. The van der Waals surface area contributed by atoms with E-state index in [1.165, 1.54) is 30.6 Å². The highest BCUT2D eigenvalue weighted by Gasteiger charge is 2.23. The van der Waals surface area contributed by atoms with Gasteiger partial charge in [0.05, 0.1) is 12.0 Å². The fourth-order valence-corrected chi connectivity index (χ4v) is 3.31. The molecule has 1 atom stereocenters. The summed E-state index contributed by atoms with van der Waals surface area (Å²) in [7, 11) is 1.21. The van der Waals surface area contributed by atoms with Crippen molar-refractivity contribution in [3.63, 3.8) is 0 Å². The SMILES string of the molecule is COC(=O)NC(CC(C)C)C(=O)NNC(=O)c1ccc(-c2ccc(F)cc2)s1. The second-order valence-corrected chi connectivity index (χ2v) is 7.52. The topological polar surface area (TPSA) is 96.5 Å². The van der Waals surface area contributed by atoms with Crippen molar-refractivity contribution in [2.45, 2.75) is 26.3 Å². The van der Waals surface area contributed by atoms with Crippen LogP contribution in [0.25, 0.3) is 10.4 Å². The lowest BCUT2D eigenvalue weighted by atomic mass is 10.0. The summed E-state index contributed by atoms with van der Waals surface area (Å²) in [4.78, 5) is 37.2. The molecule has 0 fully saturated rings. The van der Waals surface area contributed by atoms with Crippen LogP contribution < -0.4 is 16.2 Å². The van der Waals surface area contributed by atoms with E-state index < -0.39 is 23.9 Å². The molecule has 0 spiro atoms. The van der Waals surface area contributed by atoms with E-state index in [9.17, 15) is 18.8 Å². The molecule has 1 aromatic carbocycles. The van der Waals surface area contributed by atoms with E-state index in [-0.39, 0.29) is 11.7 Å². The molecule has 9 heteroatoms. The number of thiophene rings is 1. The highest BCUT2D eigenvalue weighted by Crippen LogP contribution is 2.28. The summed E-state index contributed by atoms with van der Waals surface area (Å²) in [5, 5.41) is 2.44. The lowest BCUT2D eigenvalue weighted by molar-refractivity contribution is -0.124. The first-order valence-corrected chi connectivity index (χ1v) is 9.42. The summed E-state index contributed by atoms with van der Waals surface area (Å²) in [5.41, 5.74) is 5.44. The van der Waals surface area contributed by atoms with E-state index in [4.69, 9.17) is 0 Å². The van der Waals surface area contributed by atoms with Gasteiger partial charge in [-0.15, -0.1) is 11.3 Å². The molecular formula is C19H22FN3O4S. The van der Waals surface area contributed by atoms with Crippen LogP contribution in [0.3, 0.4) is 0 Å². The Morgan fingerprint density at radius 3 is 2.36 bits per heavy atom. The minimum Gasteiger partial charge on any atom is -0.453 e. The molecule has 3 amide bonds. The third kappa shape index (κ3) is 6.05. The van der Waals surface area contributed by atoms with Gasteiger partial charge in [0.2, 0.25) is 0 Å². The van der Waals surface area contributed by atoms with E-state index in [2.05, 4.69) is 20.9 Å². The number of methoxy groups -OCH3 is 1. The standard InChI is InChI=1S/C19H22FN3O4S/c1-11(2)10-14(21-19(26)27-3)17(24)22-23-18(25)16-9-8-15(28-16)12-4-6-13(20)7-5-12/h4-9,11,14H,10H2,1-3H3,(H,21,26)(H,22,24)(H,23,25).